The van der Waals surface area contributed by atoms with Gasteiger partial charge in [-0.2, -0.15) is 0 Å². The van der Waals surface area contributed by atoms with Crippen molar-refractivity contribution < 1.29 is 19.5 Å². The summed E-state index contributed by atoms with van der Waals surface area (Å²) in [5.41, 5.74) is 1.89. The number of aryl methyl sites for hydroxylation is 1. The summed E-state index contributed by atoms with van der Waals surface area (Å²) in [4.78, 5) is 36.4. The summed E-state index contributed by atoms with van der Waals surface area (Å²) in [5.74, 6) is -3.20. The first-order valence-corrected chi connectivity index (χ1v) is 6.81. The van der Waals surface area contributed by atoms with Crippen LogP contribution >= 0.6 is 0 Å². The Balaban J connectivity index is 2.03. The number of carboxylic acid groups (broad SMARTS) is 1. The van der Waals surface area contributed by atoms with E-state index in [9.17, 15) is 14.4 Å². The molecule has 0 bridgehead atoms. The SMILES string of the molecule is Cc1ccc(N2CCC(NC(=O)C(C)C(=O)O)C2=O)cc1. The van der Waals surface area contributed by atoms with Gasteiger partial charge in [-0.25, -0.2) is 0 Å². The lowest BCUT2D eigenvalue weighted by molar-refractivity contribution is -0.146. The minimum Gasteiger partial charge on any atom is -0.481 e. The second-order valence-electron chi connectivity index (χ2n) is 5.24. The van der Waals surface area contributed by atoms with Crippen LogP contribution in [0.4, 0.5) is 5.69 Å². The van der Waals surface area contributed by atoms with Crippen LogP contribution in [0.2, 0.25) is 0 Å². The highest BCUT2D eigenvalue weighted by atomic mass is 16.4. The lowest BCUT2D eigenvalue weighted by Crippen LogP contribution is -2.45. The van der Waals surface area contributed by atoms with Gasteiger partial charge in [0.2, 0.25) is 11.8 Å². The van der Waals surface area contributed by atoms with Crippen molar-refractivity contribution in [2.45, 2.75) is 26.3 Å². The number of aliphatic carboxylic acids is 1. The van der Waals surface area contributed by atoms with Gasteiger partial charge in [0, 0.05) is 12.2 Å². The molecule has 2 amide bonds. The van der Waals surface area contributed by atoms with Gasteiger partial charge in [-0.3, -0.25) is 14.4 Å². The second kappa shape index (κ2) is 5.95. The van der Waals surface area contributed by atoms with Crippen LogP contribution < -0.4 is 10.2 Å². The minimum absolute atomic E-state index is 0.204. The number of carbonyl (C=O) groups excluding carboxylic acids is 2. The summed E-state index contributed by atoms with van der Waals surface area (Å²) in [6, 6.07) is 6.90. The average molecular weight is 290 g/mol. The molecular weight excluding hydrogens is 272 g/mol. The van der Waals surface area contributed by atoms with Gasteiger partial charge < -0.3 is 15.3 Å². The molecule has 2 rings (SSSR count). The molecule has 6 heteroatoms. The van der Waals surface area contributed by atoms with Gasteiger partial charge in [0.15, 0.2) is 0 Å². The molecule has 1 aromatic rings. The van der Waals surface area contributed by atoms with E-state index in [-0.39, 0.29) is 5.91 Å². The van der Waals surface area contributed by atoms with Gasteiger partial charge in [0.05, 0.1) is 0 Å². The molecule has 0 aromatic heterocycles. The number of anilines is 1. The van der Waals surface area contributed by atoms with E-state index in [0.29, 0.717) is 13.0 Å². The number of rotatable bonds is 4. The van der Waals surface area contributed by atoms with E-state index < -0.39 is 23.8 Å². The van der Waals surface area contributed by atoms with Crippen molar-refractivity contribution in [2.24, 2.45) is 5.92 Å². The Bertz CT molecular complexity index is 568. The standard InChI is InChI=1S/C15H18N2O4/c1-9-3-5-11(6-4-9)17-8-7-12(14(17)19)16-13(18)10(2)15(20)21/h3-6,10,12H,7-8H2,1-2H3,(H,16,18)(H,20,21). The molecule has 1 fully saturated rings. The number of hydrogen-bond acceptors (Lipinski definition) is 3. The van der Waals surface area contributed by atoms with E-state index in [0.717, 1.165) is 11.3 Å². The van der Waals surface area contributed by atoms with E-state index in [1.165, 1.54) is 6.92 Å². The first-order chi connectivity index (χ1) is 9.90. The molecule has 0 aliphatic carbocycles. The number of hydrogen-bond donors (Lipinski definition) is 2. The van der Waals surface area contributed by atoms with Crippen molar-refractivity contribution in [1.29, 1.82) is 0 Å². The van der Waals surface area contributed by atoms with Crippen molar-refractivity contribution >= 4 is 23.5 Å². The Labute approximate surface area is 122 Å². The third kappa shape index (κ3) is 3.21. The summed E-state index contributed by atoms with van der Waals surface area (Å²) >= 11 is 0. The highest BCUT2D eigenvalue weighted by molar-refractivity contribution is 6.03. The van der Waals surface area contributed by atoms with E-state index in [2.05, 4.69) is 5.32 Å². The summed E-state index contributed by atoms with van der Waals surface area (Å²) in [7, 11) is 0. The molecule has 2 unspecified atom stereocenters. The third-order valence-electron chi connectivity index (χ3n) is 3.63. The number of nitrogens with one attached hydrogen (secondary N) is 1. The van der Waals surface area contributed by atoms with Crippen LogP contribution in [0.3, 0.4) is 0 Å². The highest BCUT2D eigenvalue weighted by Crippen LogP contribution is 2.22. The van der Waals surface area contributed by atoms with Crippen LogP contribution in [0.25, 0.3) is 0 Å². The van der Waals surface area contributed by atoms with Gasteiger partial charge in [0.1, 0.15) is 12.0 Å². The third-order valence-corrected chi connectivity index (χ3v) is 3.63. The van der Waals surface area contributed by atoms with Crippen LogP contribution in [-0.4, -0.2) is 35.5 Å². The van der Waals surface area contributed by atoms with Gasteiger partial charge in [-0.1, -0.05) is 17.7 Å². The number of carbonyl (C=O) groups is 3. The molecule has 6 nitrogen and oxygen atoms in total. The predicted octanol–water partition coefficient (Wildman–Crippen LogP) is 0.937. The van der Waals surface area contributed by atoms with E-state index >= 15 is 0 Å². The van der Waals surface area contributed by atoms with Crippen LogP contribution in [0, 0.1) is 12.8 Å². The molecule has 0 saturated carbocycles. The molecule has 21 heavy (non-hydrogen) atoms. The van der Waals surface area contributed by atoms with Gasteiger partial charge in [0.25, 0.3) is 0 Å². The Hall–Kier alpha value is -2.37. The topological polar surface area (TPSA) is 86.7 Å². The second-order valence-corrected chi connectivity index (χ2v) is 5.24. The van der Waals surface area contributed by atoms with Crippen molar-refractivity contribution in [3.63, 3.8) is 0 Å². The highest BCUT2D eigenvalue weighted by Gasteiger charge is 2.35. The Kier molecular flexibility index (Phi) is 4.26. The fourth-order valence-electron chi connectivity index (χ4n) is 2.20. The normalized spacial score (nSPS) is 19.4. The first-order valence-electron chi connectivity index (χ1n) is 6.81. The Morgan fingerprint density at radius 3 is 2.52 bits per heavy atom. The largest absolute Gasteiger partial charge is 0.481 e. The van der Waals surface area contributed by atoms with Crippen molar-refractivity contribution in [1.82, 2.24) is 5.32 Å². The quantitative estimate of drug-likeness (QED) is 0.808. The molecule has 1 aliphatic rings. The van der Waals surface area contributed by atoms with Gasteiger partial charge in [-0.05, 0) is 32.4 Å². The van der Waals surface area contributed by atoms with Gasteiger partial charge in [-0.15, -0.1) is 0 Å². The molecule has 112 valence electrons. The van der Waals surface area contributed by atoms with E-state index in [4.69, 9.17) is 5.11 Å². The van der Waals surface area contributed by atoms with Crippen molar-refractivity contribution in [3.05, 3.63) is 29.8 Å². The maximum absolute atomic E-state index is 12.3. The van der Waals surface area contributed by atoms with E-state index in [1.807, 2.05) is 31.2 Å². The first kappa shape index (κ1) is 15.0. The molecule has 1 saturated heterocycles. The number of nitrogens with zero attached hydrogens (tertiary/aromatic N) is 1. The summed E-state index contributed by atoms with van der Waals surface area (Å²) in [6.45, 7) is 3.77. The smallest absolute Gasteiger partial charge is 0.315 e. The minimum atomic E-state index is -1.20. The summed E-state index contributed by atoms with van der Waals surface area (Å²) < 4.78 is 0. The molecule has 0 radical (unpaired) electrons. The molecule has 0 spiro atoms. The van der Waals surface area contributed by atoms with Crippen molar-refractivity contribution in [2.75, 3.05) is 11.4 Å². The monoisotopic (exact) mass is 290 g/mol. The Morgan fingerprint density at radius 2 is 1.95 bits per heavy atom. The number of carboxylic acids is 1. The maximum atomic E-state index is 12.3. The van der Waals surface area contributed by atoms with Crippen molar-refractivity contribution in [3.8, 4) is 0 Å². The molecule has 2 atom stereocenters. The molecular formula is C15H18N2O4. The zero-order valence-electron chi connectivity index (χ0n) is 12.0. The zero-order chi connectivity index (χ0) is 15.6. The lowest BCUT2D eigenvalue weighted by Gasteiger charge is -2.18. The van der Waals surface area contributed by atoms with Crippen LogP contribution in [-0.2, 0) is 14.4 Å². The summed E-state index contributed by atoms with van der Waals surface area (Å²) in [6.07, 6.45) is 0.477. The number of amides is 2. The van der Waals surface area contributed by atoms with Crippen LogP contribution in [0.1, 0.15) is 18.9 Å². The lowest BCUT2D eigenvalue weighted by atomic mass is 10.1. The fourth-order valence-corrected chi connectivity index (χ4v) is 2.20. The number of benzene rings is 1. The molecule has 2 N–H and O–H groups in total. The molecule has 1 aromatic carbocycles. The van der Waals surface area contributed by atoms with Crippen LogP contribution in [0.15, 0.2) is 24.3 Å². The maximum Gasteiger partial charge on any atom is 0.315 e. The fraction of sp³-hybridized carbons (Fsp3) is 0.400. The van der Waals surface area contributed by atoms with Crippen LogP contribution in [0.5, 0.6) is 0 Å². The van der Waals surface area contributed by atoms with E-state index in [1.54, 1.807) is 4.90 Å². The Morgan fingerprint density at radius 1 is 1.33 bits per heavy atom. The molecule has 1 aliphatic heterocycles. The zero-order valence-corrected chi connectivity index (χ0v) is 12.0. The average Bonchev–Trinajstić information content (AvgIpc) is 2.80. The molecule has 1 heterocycles. The summed E-state index contributed by atoms with van der Waals surface area (Å²) in [5, 5.41) is 11.3. The predicted molar refractivity (Wildman–Crippen MR) is 76.9 cm³/mol. The van der Waals surface area contributed by atoms with Gasteiger partial charge >= 0.3 is 5.97 Å².